The Hall–Kier alpha value is -2.10. The average Bonchev–Trinajstić information content (AvgIpc) is 2.36. The number of aromatic carboxylic acids is 1. The summed E-state index contributed by atoms with van der Waals surface area (Å²) >= 11 is 0. The monoisotopic (exact) mass is 258 g/mol. The fourth-order valence-electron chi connectivity index (χ4n) is 2.22. The number of fused-ring (bicyclic) bond motifs is 1. The lowest BCUT2D eigenvalue weighted by molar-refractivity contribution is 0.0691. The number of carboxylic acids is 1. The third-order valence-electron chi connectivity index (χ3n) is 2.94. The smallest absolute Gasteiger partial charge is 0.354 e. The zero-order valence-electron chi connectivity index (χ0n) is 11.4. The lowest BCUT2D eigenvalue weighted by Gasteiger charge is -2.22. The van der Waals surface area contributed by atoms with Crippen LogP contribution in [0.4, 0.5) is 5.82 Å². The van der Waals surface area contributed by atoms with Crippen molar-refractivity contribution in [3.8, 4) is 0 Å². The topological polar surface area (TPSA) is 53.4 Å². The zero-order valence-corrected chi connectivity index (χ0v) is 11.4. The Labute approximate surface area is 112 Å². The fourth-order valence-corrected chi connectivity index (χ4v) is 2.22. The molecule has 0 aliphatic carbocycles. The predicted octanol–water partition coefficient (Wildman–Crippen LogP) is 3.03. The molecule has 0 atom stereocenters. The van der Waals surface area contributed by atoms with Gasteiger partial charge in [0.15, 0.2) is 5.69 Å². The first-order valence-electron chi connectivity index (χ1n) is 6.33. The van der Waals surface area contributed by atoms with E-state index in [4.69, 9.17) is 5.11 Å². The van der Waals surface area contributed by atoms with Crippen LogP contribution in [0.5, 0.6) is 0 Å². The van der Waals surface area contributed by atoms with E-state index >= 15 is 0 Å². The van der Waals surface area contributed by atoms with E-state index in [1.807, 2.05) is 36.2 Å². The Bertz CT molecular complexity index is 608. The maximum Gasteiger partial charge on any atom is 0.354 e. The van der Waals surface area contributed by atoms with Gasteiger partial charge in [-0.15, -0.1) is 0 Å². The quantitative estimate of drug-likeness (QED) is 0.915. The summed E-state index contributed by atoms with van der Waals surface area (Å²) in [4.78, 5) is 17.5. The van der Waals surface area contributed by atoms with Crippen molar-refractivity contribution in [3.05, 3.63) is 36.0 Å². The van der Waals surface area contributed by atoms with Gasteiger partial charge in [-0.2, -0.15) is 0 Å². The van der Waals surface area contributed by atoms with Gasteiger partial charge in [-0.3, -0.25) is 0 Å². The number of carboxylic acid groups (broad SMARTS) is 1. The number of nitrogens with zero attached hydrogens (tertiary/aromatic N) is 2. The molecule has 4 nitrogen and oxygen atoms in total. The SMILES string of the molecule is CC(C)CN(C)c1nc(C(=O)O)cc2ccccc12. The van der Waals surface area contributed by atoms with Crippen molar-refractivity contribution < 1.29 is 9.90 Å². The van der Waals surface area contributed by atoms with Crippen molar-refractivity contribution in [2.45, 2.75) is 13.8 Å². The minimum atomic E-state index is -0.995. The molecule has 0 bridgehead atoms. The molecule has 1 heterocycles. The molecular weight excluding hydrogens is 240 g/mol. The molecule has 4 heteroatoms. The summed E-state index contributed by atoms with van der Waals surface area (Å²) in [5.41, 5.74) is 0.0873. The molecule has 2 aromatic rings. The van der Waals surface area contributed by atoms with E-state index in [0.717, 1.165) is 23.1 Å². The van der Waals surface area contributed by atoms with Gasteiger partial charge in [-0.25, -0.2) is 9.78 Å². The van der Waals surface area contributed by atoms with Gasteiger partial charge in [0, 0.05) is 19.0 Å². The van der Waals surface area contributed by atoms with E-state index in [0.29, 0.717) is 5.92 Å². The molecule has 0 unspecified atom stereocenters. The van der Waals surface area contributed by atoms with Crippen LogP contribution in [0.25, 0.3) is 10.8 Å². The summed E-state index contributed by atoms with van der Waals surface area (Å²) in [7, 11) is 1.94. The van der Waals surface area contributed by atoms with E-state index in [-0.39, 0.29) is 5.69 Å². The van der Waals surface area contributed by atoms with Gasteiger partial charge in [0.05, 0.1) is 0 Å². The van der Waals surface area contributed by atoms with E-state index in [2.05, 4.69) is 18.8 Å². The molecule has 0 amide bonds. The number of hydrogen-bond donors (Lipinski definition) is 1. The highest BCUT2D eigenvalue weighted by Crippen LogP contribution is 2.25. The van der Waals surface area contributed by atoms with Gasteiger partial charge in [0.2, 0.25) is 0 Å². The van der Waals surface area contributed by atoms with Crippen LogP contribution in [-0.4, -0.2) is 29.7 Å². The van der Waals surface area contributed by atoms with Crippen molar-refractivity contribution in [1.29, 1.82) is 0 Å². The number of anilines is 1. The van der Waals surface area contributed by atoms with Gasteiger partial charge in [0.1, 0.15) is 5.82 Å². The first-order valence-corrected chi connectivity index (χ1v) is 6.33. The summed E-state index contributed by atoms with van der Waals surface area (Å²) in [6, 6.07) is 9.35. The highest BCUT2D eigenvalue weighted by atomic mass is 16.4. The number of benzene rings is 1. The predicted molar refractivity (Wildman–Crippen MR) is 76.8 cm³/mol. The number of aromatic nitrogens is 1. The van der Waals surface area contributed by atoms with Crippen LogP contribution in [-0.2, 0) is 0 Å². The standard InChI is InChI=1S/C15H18N2O2/c1-10(2)9-17(3)14-12-7-5-4-6-11(12)8-13(16-14)15(18)19/h4-8,10H,9H2,1-3H3,(H,18,19). The highest BCUT2D eigenvalue weighted by molar-refractivity contribution is 5.97. The normalized spacial score (nSPS) is 10.9. The summed E-state index contributed by atoms with van der Waals surface area (Å²) in [6.07, 6.45) is 0. The lowest BCUT2D eigenvalue weighted by atomic mass is 10.1. The molecule has 2 rings (SSSR count). The van der Waals surface area contributed by atoms with Crippen LogP contribution in [0.2, 0.25) is 0 Å². The first kappa shape index (κ1) is 13.3. The van der Waals surface area contributed by atoms with E-state index in [1.54, 1.807) is 6.07 Å². The van der Waals surface area contributed by atoms with Gasteiger partial charge in [-0.05, 0) is 17.4 Å². The van der Waals surface area contributed by atoms with Crippen molar-refractivity contribution in [3.63, 3.8) is 0 Å². The van der Waals surface area contributed by atoms with Crippen LogP contribution >= 0.6 is 0 Å². The number of rotatable bonds is 4. The molecule has 0 aliphatic heterocycles. The van der Waals surface area contributed by atoms with E-state index in [9.17, 15) is 4.79 Å². The third-order valence-corrected chi connectivity index (χ3v) is 2.94. The Morgan fingerprint density at radius 3 is 2.68 bits per heavy atom. The van der Waals surface area contributed by atoms with Gasteiger partial charge < -0.3 is 10.0 Å². The molecule has 100 valence electrons. The van der Waals surface area contributed by atoms with E-state index in [1.165, 1.54) is 0 Å². The zero-order chi connectivity index (χ0) is 14.0. The molecule has 19 heavy (non-hydrogen) atoms. The lowest BCUT2D eigenvalue weighted by Crippen LogP contribution is -2.24. The third kappa shape index (κ3) is 2.84. The van der Waals surface area contributed by atoms with Crippen molar-refractivity contribution in [1.82, 2.24) is 4.98 Å². The second-order valence-electron chi connectivity index (χ2n) is 5.13. The number of pyridine rings is 1. The van der Waals surface area contributed by atoms with Crippen LogP contribution in [0.1, 0.15) is 24.3 Å². The number of hydrogen-bond acceptors (Lipinski definition) is 3. The van der Waals surface area contributed by atoms with Gasteiger partial charge in [0.25, 0.3) is 0 Å². The second kappa shape index (κ2) is 5.26. The Kier molecular flexibility index (Phi) is 3.69. The van der Waals surface area contributed by atoms with Crippen LogP contribution in [0, 0.1) is 5.92 Å². The largest absolute Gasteiger partial charge is 0.477 e. The molecule has 0 spiro atoms. The van der Waals surface area contributed by atoms with Crippen molar-refractivity contribution in [2.24, 2.45) is 5.92 Å². The summed E-state index contributed by atoms with van der Waals surface area (Å²) in [6.45, 7) is 5.08. The summed E-state index contributed by atoms with van der Waals surface area (Å²) in [5, 5.41) is 11.0. The highest BCUT2D eigenvalue weighted by Gasteiger charge is 2.14. The summed E-state index contributed by atoms with van der Waals surface area (Å²) < 4.78 is 0. The van der Waals surface area contributed by atoms with Crippen molar-refractivity contribution >= 4 is 22.6 Å². The molecular formula is C15H18N2O2. The molecule has 0 saturated heterocycles. The molecule has 0 radical (unpaired) electrons. The molecule has 1 N–H and O–H groups in total. The first-order chi connectivity index (χ1) is 8.99. The van der Waals surface area contributed by atoms with Crippen LogP contribution in [0.15, 0.2) is 30.3 Å². The Balaban J connectivity index is 2.59. The average molecular weight is 258 g/mol. The minimum Gasteiger partial charge on any atom is -0.477 e. The number of carbonyl (C=O) groups is 1. The van der Waals surface area contributed by atoms with Gasteiger partial charge in [-0.1, -0.05) is 38.1 Å². The Morgan fingerprint density at radius 2 is 2.05 bits per heavy atom. The maximum absolute atomic E-state index is 11.2. The van der Waals surface area contributed by atoms with Gasteiger partial charge >= 0.3 is 5.97 Å². The van der Waals surface area contributed by atoms with Crippen LogP contribution in [0.3, 0.4) is 0 Å². The van der Waals surface area contributed by atoms with E-state index < -0.39 is 5.97 Å². The minimum absolute atomic E-state index is 0.0873. The molecule has 1 aromatic heterocycles. The van der Waals surface area contributed by atoms with Crippen LogP contribution < -0.4 is 4.90 Å². The fraction of sp³-hybridized carbons (Fsp3) is 0.333. The maximum atomic E-state index is 11.2. The molecule has 1 aromatic carbocycles. The van der Waals surface area contributed by atoms with Crippen molar-refractivity contribution in [2.75, 3.05) is 18.5 Å². The Morgan fingerprint density at radius 1 is 1.37 bits per heavy atom. The summed E-state index contributed by atoms with van der Waals surface area (Å²) in [5.74, 6) is 0.216. The second-order valence-corrected chi connectivity index (χ2v) is 5.13. The molecule has 0 fully saturated rings. The molecule has 0 saturated carbocycles. The molecule has 0 aliphatic rings.